The van der Waals surface area contributed by atoms with E-state index in [9.17, 15) is 18.3 Å². The first kappa shape index (κ1) is 19.0. The molecule has 1 heterocycles. The smallest absolute Gasteiger partial charge is 0.339 e. The number of hydrogen-bond acceptors (Lipinski definition) is 7. The summed E-state index contributed by atoms with van der Waals surface area (Å²) in [5, 5.41) is 26.4. The van der Waals surface area contributed by atoms with Crippen LogP contribution in [0.5, 0.6) is 5.75 Å². The predicted molar refractivity (Wildman–Crippen MR) is 101 cm³/mol. The average molecular weight is 398 g/mol. The molecule has 0 aliphatic carbocycles. The van der Waals surface area contributed by atoms with Gasteiger partial charge in [-0.25, -0.2) is 18.2 Å². The van der Waals surface area contributed by atoms with Crippen molar-refractivity contribution in [1.82, 2.24) is 4.98 Å². The molecule has 2 aromatic carbocycles. The molecule has 0 unspecified atom stereocenters. The van der Waals surface area contributed by atoms with Crippen molar-refractivity contribution in [2.24, 2.45) is 10.2 Å². The van der Waals surface area contributed by atoms with Gasteiger partial charge in [-0.1, -0.05) is 18.2 Å². The molecule has 0 fully saturated rings. The number of aromatic nitrogens is 1. The Bertz CT molecular complexity index is 1150. The summed E-state index contributed by atoms with van der Waals surface area (Å²) < 4.78 is 27.7. The first-order valence-electron chi connectivity index (χ1n) is 7.88. The predicted octanol–water partition coefficient (Wildman–Crippen LogP) is 3.70. The van der Waals surface area contributed by atoms with Gasteiger partial charge in [0.1, 0.15) is 27.7 Å². The molecule has 1 aromatic heterocycles. The molecule has 142 valence electrons. The number of carbonyl (C=O) groups is 1. The number of benzene rings is 2. The highest BCUT2D eigenvalue weighted by Gasteiger charge is 2.19. The zero-order valence-electron chi connectivity index (χ0n) is 14.2. The number of sulfonamides is 1. The van der Waals surface area contributed by atoms with Crippen LogP contribution < -0.4 is 4.72 Å². The van der Waals surface area contributed by atoms with Crippen LogP contribution in [0.15, 0.2) is 82.0 Å². The van der Waals surface area contributed by atoms with Gasteiger partial charge in [0.05, 0.1) is 5.69 Å². The Hall–Kier alpha value is -3.79. The van der Waals surface area contributed by atoms with E-state index in [2.05, 4.69) is 19.9 Å². The molecule has 0 bridgehead atoms. The number of rotatable bonds is 6. The Balaban J connectivity index is 1.91. The first-order valence-corrected chi connectivity index (χ1v) is 9.36. The lowest BCUT2D eigenvalue weighted by Gasteiger charge is -2.08. The maximum atomic E-state index is 12.6. The molecular formula is C18H14N4O5S. The van der Waals surface area contributed by atoms with Crippen molar-refractivity contribution in [3.63, 3.8) is 0 Å². The second-order valence-electron chi connectivity index (χ2n) is 5.49. The molecule has 3 rings (SSSR count). The summed E-state index contributed by atoms with van der Waals surface area (Å²) in [4.78, 5) is 14.7. The Kier molecular flexibility index (Phi) is 5.32. The number of pyridine rings is 1. The standard InChI is InChI=1S/C18H14N4O5S/c23-15-11-12(8-9-13(15)18(24)25)20-21-14-5-1-2-6-16(14)28(26,27)22-17-7-3-4-10-19-17/h1-11,23H,(H,19,22)(H,24,25). The van der Waals surface area contributed by atoms with E-state index in [1.165, 1.54) is 36.5 Å². The molecule has 0 amide bonds. The second-order valence-corrected chi connectivity index (χ2v) is 7.15. The molecule has 10 heteroatoms. The quantitative estimate of drug-likeness (QED) is 0.541. The lowest BCUT2D eigenvalue weighted by atomic mass is 10.2. The van der Waals surface area contributed by atoms with Crippen molar-refractivity contribution in [2.75, 3.05) is 4.72 Å². The number of aromatic carboxylic acids is 1. The van der Waals surface area contributed by atoms with E-state index in [-0.39, 0.29) is 27.7 Å². The van der Waals surface area contributed by atoms with Crippen LogP contribution in [-0.2, 0) is 10.0 Å². The Morgan fingerprint density at radius 2 is 1.75 bits per heavy atom. The summed E-state index contributed by atoms with van der Waals surface area (Å²) in [7, 11) is -3.97. The van der Waals surface area contributed by atoms with Crippen LogP contribution in [0, 0.1) is 0 Å². The van der Waals surface area contributed by atoms with Gasteiger partial charge in [0.25, 0.3) is 10.0 Å². The van der Waals surface area contributed by atoms with E-state index < -0.39 is 21.7 Å². The molecule has 9 nitrogen and oxygen atoms in total. The summed E-state index contributed by atoms with van der Waals surface area (Å²) in [5.41, 5.74) is -0.0541. The Morgan fingerprint density at radius 3 is 2.43 bits per heavy atom. The van der Waals surface area contributed by atoms with Crippen LogP contribution in [0.1, 0.15) is 10.4 Å². The molecule has 0 spiro atoms. The highest BCUT2D eigenvalue weighted by molar-refractivity contribution is 7.92. The van der Waals surface area contributed by atoms with E-state index in [0.29, 0.717) is 0 Å². The van der Waals surface area contributed by atoms with Crippen LogP contribution in [0.4, 0.5) is 17.2 Å². The number of carboxylic acids is 1. The maximum Gasteiger partial charge on any atom is 0.339 e. The zero-order chi connectivity index (χ0) is 20.1. The van der Waals surface area contributed by atoms with Crippen LogP contribution in [-0.4, -0.2) is 29.6 Å². The second kappa shape index (κ2) is 7.84. The molecular weight excluding hydrogens is 384 g/mol. The summed E-state index contributed by atoms with van der Waals surface area (Å²) in [5.74, 6) is -1.59. The highest BCUT2D eigenvalue weighted by atomic mass is 32.2. The molecule has 0 aliphatic heterocycles. The van der Waals surface area contributed by atoms with Gasteiger partial charge >= 0.3 is 5.97 Å². The number of nitrogens with one attached hydrogen (secondary N) is 1. The molecule has 0 saturated heterocycles. The lowest BCUT2D eigenvalue weighted by molar-refractivity contribution is 0.0693. The number of nitrogens with zero attached hydrogens (tertiary/aromatic N) is 3. The van der Waals surface area contributed by atoms with E-state index in [1.54, 1.807) is 24.3 Å². The largest absolute Gasteiger partial charge is 0.507 e. The van der Waals surface area contributed by atoms with E-state index in [1.807, 2.05) is 0 Å². The van der Waals surface area contributed by atoms with Gasteiger partial charge in [0.2, 0.25) is 0 Å². The summed E-state index contributed by atoms with van der Waals surface area (Å²) in [6.45, 7) is 0. The van der Waals surface area contributed by atoms with Gasteiger partial charge in [-0.2, -0.15) is 5.11 Å². The van der Waals surface area contributed by atoms with E-state index in [0.717, 1.165) is 6.07 Å². The van der Waals surface area contributed by atoms with Gasteiger partial charge in [-0.15, -0.1) is 5.11 Å². The molecule has 0 aliphatic rings. The fourth-order valence-corrected chi connectivity index (χ4v) is 3.41. The molecule has 28 heavy (non-hydrogen) atoms. The van der Waals surface area contributed by atoms with Crippen molar-refractivity contribution in [3.05, 3.63) is 72.4 Å². The Labute approximate surface area is 160 Å². The van der Waals surface area contributed by atoms with Gasteiger partial charge in [-0.3, -0.25) is 4.72 Å². The lowest BCUT2D eigenvalue weighted by Crippen LogP contribution is -2.13. The third-order valence-corrected chi connectivity index (χ3v) is 4.95. The summed E-state index contributed by atoms with van der Waals surface area (Å²) >= 11 is 0. The molecule has 3 aromatic rings. The van der Waals surface area contributed by atoms with Crippen LogP contribution >= 0.6 is 0 Å². The monoisotopic (exact) mass is 398 g/mol. The van der Waals surface area contributed by atoms with Crippen molar-refractivity contribution in [3.8, 4) is 5.75 Å². The van der Waals surface area contributed by atoms with Gasteiger partial charge in [0, 0.05) is 12.3 Å². The average Bonchev–Trinajstić information content (AvgIpc) is 2.67. The fraction of sp³-hybridized carbons (Fsp3) is 0. The van der Waals surface area contributed by atoms with Crippen molar-refractivity contribution in [2.45, 2.75) is 4.90 Å². The summed E-state index contributed by atoms with van der Waals surface area (Å²) in [6, 6.07) is 14.4. The minimum absolute atomic E-state index is 0.0627. The minimum atomic E-state index is -3.97. The van der Waals surface area contributed by atoms with Crippen molar-refractivity contribution in [1.29, 1.82) is 0 Å². The van der Waals surface area contributed by atoms with Gasteiger partial charge in [0.15, 0.2) is 0 Å². The zero-order valence-corrected chi connectivity index (χ0v) is 15.0. The first-order chi connectivity index (χ1) is 13.4. The number of carboxylic acid groups (broad SMARTS) is 1. The topological polar surface area (TPSA) is 141 Å². The van der Waals surface area contributed by atoms with Crippen molar-refractivity contribution < 1.29 is 23.4 Å². The molecule has 3 N–H and O–H groups in total. The van der Waals surface area contributed by atoms with E-state index >= 15 is 0 Å². The van der Waals surface area contributed by atoms with Crippen LogP contribution in [0.3, 0.4) is 0 Å². The maximum absolute atomic E-state index is 12.6. The minimum Gasteiger partial charge on any atom is -0.507 e. The normalized spacial score (nSPS) is 11.4. The third-order valence-electron chi connectivity index (χ3n) is 3.54. The summed E-state index contributed by atoms with van der Waals surface area (Å²) in [6.07, 6.45) is 1.46. The van der Waals surface area contributed by atoms with E-state index in [4.69, 9.17) is 5.11 Å². The molecule has 0 saturated carbocycles. The van der Waals surface area contributed by atoms with Gasteiger partial charge < -0.3 is 10.2 Å². The Morgan fingerprint density at radius 1 is 1.00 bits per heavy atom. The number of phenols is 1. The molecule has 0 radical (unpaired) electrons. The third kappa shape index (κ3) is 4.30. The highest BCUT2D eigenvalue weighted by Crippen LogP contribution is 2.29. The van der Waals surface area contributed by atoms with Gasteiger partial charge in [-0.05, 0) is 36.4 Å². The number of anilines is 1. The number of aromatic hydroxyl groups is 1. The number of azo groups is 1. The number of hydrogen-bond donors (Lipinski definition) is 3. The van der Waals surface area contributed by atoms with Crippen LogP contribution in [0.2, 0.25) is 0 Å². The molecule has 0 atom stereocenters. The fourth-order valence-electron chi connectivity index (χ4n) is 2.26. The SMILES string of the molecule is O=C(O)c1ccc(N=Nc2ccccc2S(=O)(=O)Nc2ccccn2)cc1O. The van der Waals surface area contributed by atoms with Crippen LogP contribution in [0.25, 0.3) is 0 Å². The van der Waals surface area contributed by atoms with Crippen molar-refractivity contribution >= 4 is 33.2 Å².